The van der Waals surface area contributed by atoms with Crippen LogP contribution in [0.15, 0.2) is 24.4 Å². The molecule has 1 heterocycles. The van der Waals surface area contributed by atoms with Gasteiger partial charge in [-0.3, -0.25) is 5.41 Å². The molecule has 0 saturated carbocycles. The second-order valence-electron chi connectivity index (χ2n) is 3.58. The normalized spacial score (nSPS) is 10.5. The van der Waals surface area contributed by atoms with E-state index in [1.165, 1.54) is 0 Å². The Labute approximate surface area is 108 Å². The number of hydrogen-bond acceptors (Lipinski definition) is 2. The van der Waals surface area contributed by atoms with Crippen molar-refractivity contribution in [2.75, 3.05) is 0 Å². The maximum Gasteiger partial charge on any atom is 0.124 e. The molecule has 0 fully saturated rings. The molecule has 0 unspecified atom stereocenters. The minimum absolute atomic E-state index is 0.0408. The van der Waals surface area contributed by atoms with Crippen molar-refractivity contribution in [1.29, 1.82) is 5.41 Å². The van der Waals surface area contributed by atoms with E-state index in [4.69, 9.17) is 34.3 Å². The Morgan fingerprint density at radius 1 is 1.41 bits per heavy atom. The highest BCUT2D eigenvalue weighted by Gasteiger charge is 2.11. The third kappa shape index (κ3) is 2.28. The first kappa shape index (κ1) is 12.0. The van der Waals surface area contributed by atoms with Crippen molar-refractivity contribution in [2.45, 2.75) is 6.92 Å². The number of nitrogens with zero attached hydrogens (tertiary/aromatic N) is 2. The van der Waals surface area contributed by atoms with Crippen LogP contribution in [0, 0.1) is 12.3 Å². The zero-order chi connectivity index (χ0) is 12.6. The fraction of sp³-hybridized carbons (Fsp3) is 0.0909. The van der Waals surface area contributed by atoms with Crippen LogP contribution >= 0.6 is 23.2 Å². The molecule has 0 radical (unpaired) electrons. The van der Waals surface area contributed by atoms with E-state index >= 15 is 0 Å². The minimum atomic E-state index is -0.0408. The van der Waals surface area contributed by atoms with Gasteiger partial charge >= 0.3 is 0 Å². The fourth-order valence-electron chi connectivity index (χ4n) is 1.48. The highest BCUT2D eigenvalue weighted by atomic mass is 35.5. The van der Waals surface area contributed by atoms with E-state index < -0.39 is 0 Å². The average molecular weight is 269 g/mol. The van der Waals surface area contributed by atoms with E-state index in [0.717, 1.165) is 0 Å². The topological polar surface area (TPSA) is 67.7 Å². The van der Waals surface area contributed by atoms with Crippen LogP contribution in [0.2, 0.25) is 10.0 Å². The molecule has 0 aliphatic carbocycles. The predicted octanol–water partition coefficient (Wildman–Crippen LogP) is 2.77. The van der Waals surface area contributed by atoms with Gasteiger partial charge in [-0.25, -0.2) is 4.68 Å². The van der Waals surface area contributed by atoms with Gasteiger partial charge in [0.25, 0.3) is 0 Å². The Balaban J connectivity index is 2.64. The molecule has 17 heavy (non-hydrogen) atoms. The molecule has 0 amide bonds. The maximum atomic E-state index is 7.52. The summed E-state index contributed by atoms with van der Waals surface area (Å²) >= 11 is 11.9. The largest absolute Gasteiger partial charge is 0.384 e. The molecule has 0 bridgehead atoms. The van der Waals surface area contributed by atoms with Crippen LogP contribution < -0.4 is 5.73 Å². The molecule has 0 aliphatic heterocycles. The number of rotatable bonds is 2. The predicted molar refractivity (Wildman–Crippen MR) is 69.3 cm³/mol. The first-order valence-electron chi connectivity index (χ1n) is 4.85. The lowest BCUT2D eigenvalue weighted by molar-refractivity contribution is 0.860. The van der Waals surface area contributed by atoms with Gasteiger partial charge in [-0.2, -0.15) is 5.10 Å². The highest BCUT2D eigenvalue weighted by molar-refractivity contribution is 6.31. The van der Waals surface area contributed by atoms with Crippen molar-refractivity contribution in [3.05, 3.63) is 45.7 Å². The second-order valence-corrected chi connectivity index (χ2v) is 4.43. The number of nitrogen functional groups attached to an aromatic ring is 1. The molecule has 1 aromatic carbocycles. The lowest BCUT2D eigenvalue weighted by atomic mass is 10.1. The number of aromatic nitrogens is 2. The zero-order valence-electron chi connectivity index (χ0n) is 9.04. The highest BCUT2D eigenvalue weighted by Crippen LogP contribution is 2.22. The first-order valence-corrected chi connectivity index (χ1v) is 5.60. The first-order chi connectivity index (χ1) is 7.99. The van der Waals surface area contributed by atoms with Crippen LogP contribution in [0.4, 0.5) is 0 Å². The van der Waals surface area contributed by atoms with Crippen LogP contribution in [0.1, 0.15) is 11.3 Å². The summed E-state index contributed by atoms with van der Waals surface area (Å²) in [7, 11) is 0. The summed E-state index contributed by atoms with van der Waals surface area (Å²) in [6.45, 7) is 1.80. The van der Waals surface area contributed by atoms with E-state index in [2.05, 4.69) is 5.10 Å². The van der Waals surface area contributed by atoms with E-state index in [9.17, 15) is 0 Å². The minimum Gasteiger partial charge on any atom is -0.384 e. The van der Waals surface area contributed by atoms with E-state index in [1.54, 1.807) is 36.0 Å². The Morgan fingerprint density at radius 3 is 2.65 bits per heavy atom. The van der Waals surface area contributed by atoms with Gasteiger partial charge in [0.2, 0.25) is 0 Å². The molecule has 4 nitrogen and oxygen atoms in total. The molecule has 0 saturated heterocycles. The van der Waals surface area contributed by atoms with Crippen LogP contribution in [-0.2, 0) is 0 Å². The van der Waals surface area contributed by atoms with E-state index in [1.807, 2.05) is 0 Å². The third-order valence-electron chi connectivity index (χ3n) is 2.34. The standard InChI is InChI=1S/C11H10Cl2N4/c1-6-9(13)5-17(16-6)10-4-7(12)2-3-8(10)11(14)15/h2-5H,1H3,(H3,14,15). The molecule has 0 aliphatic rings. The summed E-state index contributed by atoms with van der Waals surface area (Å²) in [5.41, 5.74) is 7.42. The molecule has 1 aromatic heterocycles. The Bertz CT molecular complexity index is 570. The smallest absolute Gasteiger partial charge is 0.124 e. The summed E-state index contributed by atoms with van der Waals surface area (Å²) in [5.74, 6) is -0.0408. The van der Waals surface area contributed by atoms with Gasteiger partial charge in [-0.15, -0.1) is 0 Å². The van der Waals surface area contributed by atoms with Gasteiger partial charge < -0.3 is 5.73 Å². The fourth-order valence-corrected chi connectivity index (χ4v) is 1.78. The molecule has 2 aromatic rings. The van der Waals surface area contributed by atoms with Gasteiger partial charge in [0, 0.05) is 16.8 Å². The van der Waals surface area contributed by atoms with Crippen molar-refractivity contribution >= 4 is 29.0 Å². The van der Waals surface area contributed by atoms with Gasteiger partial charge in [0.1, 0.15) is 5.84 Å². The lowest BCUT2D eigenvalue weighted by Gasteiger charge is -2.08. The molecule has 0 atom stereocenters. The molecular weight excluding hydrogens is 259 g/mol. The number of nitrogens with two attached hydrogens (primary N) is 1. The molecule has 0 spiro atoms. The molecule has 2 rings (SSSR count). The molecule has 88 valence electrons. The van der Waals surface area contributed by atoms with Gasteiger partial charge in [-0.1, -0.05) is 23.2 Å². The van der Waals surface area contributed by atoms with Crippen LogP contribution in [0.25, 0.3) is 5.69 Å². The van der Waals surface area contributed by atoms with Crippen LogP contribution in [0.3, 0.4) is 0 Å². The van der Waals surface area contributed by atoms with Gasteiger partial charge in [0.05, 0.1) is 16.4 Å². The molecular formula is C11H10Cl2N4. The third-order valence-corrected chi connectivity index (χ3v) is 2.94. The quantitative estimate of drug-likeness (QED) is 0.650. The van der Waals surface area contributed by atoms with E-state index in [0.29, 0.717) is 27.0 Å². The van der Waals surface area contributed by atoms with Crippen LogP contribution in [0.5, 0.6) is 0 Å². The summed E-state index contributed by atoms with van der Waals surface area (Å²) in [4.78, 5) is 0. The molecule has 6 heteroatoms. The Hall–Kier alpha value is -1.52. The Kier molecular flexibility index (Phi) is 3.09. The number of halogens is 2. The Morgan fingerprint density at radius 2 is 2.12 bits per heavy atom. The summed E-state index contributed by atoms with van der Waals surface area (Å²) < 4.78 is 1.57. The van der Waals surface area contributed by atoms with Crippen molar-refractivity contribution in [3.63, 3.8) is 0 Å². The van der Waals surface area contributed by atoms with Crippen LogP contribution in [-0.4, -0.2) is 15.6 Å². The molecule has 3 N–H and O–H groups in total. The zero-order valence-corrected chi connectivity index (χ0v) is 10.5. The summed E-state index contributed by atoms with van der Waals surface area (Å²) in [5, 5.41) is 12.9. The second kappa shape index (κ2) is 4.39. The van der Waals surface area contributed by atoms with Crippen molar-refractivity contribution in [1.82, 2.24) is 9.78 Å². The number of nitrogens with one attached hydrogen (secondary N) is 1. The van der Waals surface area contributed by atoms with Crippen molar-refractivity contribution in [2.24, 2.45) is 5.73 Å². The van der Waals surface area contributed by atoms with E-state index in [-0.39, 0.29) is 5.84 Å². The SMILES string of the molecule is Cc1nn(-c2cc(Cl)ccc2C(=N)N)cc1Cl. The van der Waals surface area contributed by atoms with Crippen molar-refractivity contribution < 1.29 is 0 Å². The number of aryl methyl sites for hydroxylation is 1. The summed E-state index contributed by atoms with van der Waals surface area (Å²) in [6.07, 6.45) is 1.66. The maximum absolute atomic E-state index is 7.52. The summed E-state index contributed by atoms with van der Waals surface area (Å²) in [6, 6.07) is 5.06. The monoisotopic (exact) mass is 268 g/mol. The number of amidine groups is 1. The average Bonchev–Trinajstić information content (AvgIpc) is 2.58. The van der Waals surface area contributed by atoms with Crippen molar-refractivity contribution in [3.8, 4) is 5.69 Å². The van der Waals surface area contributed by atoms with Gasteiger partial charge in [0.15, 0.2) is 0 Å². The van der Waals surface area contributed by atoms with Gasteiger partial charge in [-0.05, 0) is 25.1 Å². The number of hydrogen-bond donors (Lipinski definition) is 2. The number of benzene rings is 1. The lowest BCUT2D eigenvalue weighted by Crippen LogP contribution is -2.15.